The van der Waals surface area contributed by atoms with Crippen molar-refractivity contribution in [1.82, 2.24) is 20.2 Å². The molecular formula is C24H28N4O3. The van der Waals surface area contributed by atoms with Crippen LogP contribution in [-0.4, -0.2) is 39.6 Å². The maximum absolute atomic E-state index is 12.7. The first-order chi connectivity index (χ1) is 14.8. The Kier molecular flexibility index (Phi) is 6.74. The largest absolute Gasteiger partial charge is 0.505 e. The third kappa shape index (κ3) is 4.94. The lowest BCUT2D eigenvalue weighted by molar-refractivity contribution is 0.0923. The van der Waals surface area contributed by atoms with Gasteiger partial charge in [-0.3, -0.25) is 9.59 Å². The van der Waals surface area contributed by atoms with E-state index in [1.807, 2.05) is 19.9 Å². The third-order valence-electron chi connectivity index (χ3n) is 5.19. The van der Waals surface area contributed by atoms with E-state index in [0.29, 0.717) is 11.5 Å². The first-order valence-electron chi connectivity index (χ1n) is 10.3. The van der Waals surface area contributed by atoms with Crippen molar-refractivity contribution in [3.8, 4) is 11.4 Å². The maximum atomic E-state index is 12.7. The summed E-state index contributed by atoms with van der Waals surface area (Å²) in [7, 11) is 0. The Bertz CT molecular complexity index is 1080. The van der Waals surface area contributed by atoms with Gasteiger partial charge >= 0.3 is 0 Å². The Labute approximate surface area is 182 Å². The Hall–Kier alpha value is -3.61. The first-order valence-corrected chi connectivity index (χ1v) is 10.3. The number of hydrogen-bond donors (Lipinski definition) is 3. The molecule has 7 nitrogen and oxygen atoms in total. The normalized spacial score (nSPS) is 10.9. The van der Waals surface area contributed by atoms with E-state index in [1.54, 1.807) is 6.07 Å². The molecule has 3 N–H and O–H groups in total. The van der Waals surface area contributed by atoms with Gasteiger partial charge in [0.05, 0.1) is 5.56 Å². The monoisotopic (exact) mass is 420 g/mol. The number of carbonyl (C=O) groups is 2. The topological polar surface area (TPSA) is 96.2 Å². The number of benzene rings is 1. The Morgan fingerprint density at radius 3 is 2.29 bits per heavy atom. The van der Waals surface area contributed by atoms with Crippen molar-refractivity contribution in [2.24, 2.45) is 0 Å². The van der Waals surface area contributed by atoms with Gasteiger partial charge < -0.3 is 20.3 Å². The summed E-state index contributed by atoms with van der Waals surface area (Å²) < 4.78 is 2.06. The molecule has 0 spiro atoms. The van der Waals surface area contributed by atoms with Crippen LogP contribution in [0, 0.1) is 13.8 Å². The van der Waals surface area contributed by atoms with E-state index in [1.165, 1.54) is 17.8 Å². The molecular weight excluding hydrogens is 392 g/mol. The van der Waals surface area contributed by atoms with Gasteiger partial charge in [0.25, 0.3) is 11.8 Å². The summed E-state index contributed by atoms with van der Waals surface area (Å²) in [4.78, 5) is 28.6. The van der Waals surface area contributed by atoms with Crippen molar-refractivity contribution in [1.29, 1.82) is 0 Å². The van der Waals surface area contributed by atoms with Crippen LogP contribution in [0.15, 0.2) is 48.7 Å². The summed E-state index contributed by atoms with van der Waals surface area (Å²) in [6, 6.07) is 13.2. The summed E-state index contributed by atoms with van der Waals surface area (Å²) in [5.41, 5.74) is 4.67. The molecule has 0 saturated carbocycles. The molecule has 0 unspecified atom stereocenters. The molecule has 3 aromatic rings. The van der Waals surface area contributed by atoms with Gasteiger partial charge in [0, 0.05) is 36.4 Å². The molecule has 0 aliphatic heterocycles. The summed E-state index contributed by atoms with van der Waals surface area (Å²) in [5, 5.41) is 15.1. The van der Waals surface area contributed by atoms with Crippen LogP contribution < -0.4 is 10.6 Å². The Morgan fingerprint density at radius 2 is 1.68 bits per heavy atom. The Balaban J connectivity index is 1.62. The minimum absolute atomic E-state index is 0.0409. The number of rotatable bonds is 7. The first kappa shape index (κ1) is 22.1. The number of nitrogens with zero attached hydrogens (tertiary/aromatic N) is 2. The van der Waals surface area contributed by atoms with Gasteiger partial charge in [-0.05, 0) is 55.7 Å². The predicted molar refractivity (Wildman–Crippen MR) is 120 cm³/mol. The number of aryl methyl sites for hydroxylation is 1. The van der Waals surface area contributed by atoms with Gasteiger partial charge in [-0.25, -0.2) is 4.98 Å². The summed E-state index contributed by atoms with van der Waals surface area (Å²) >= 11 is 0. The van der Waals surface area contributed by atoms with E-state index in [0.717, 1.165) is 17.1 Å². The second kappa shape index (κ2) is 9.47. The van der Waals surface area contributed by atoms with Crippen molar-refractivity contribution >= 4 is 11.8 Å². The molecule has 0 bridgehead atoms. The van der Waals surface area contributed by atoms with Crippen LogP contribution in [0.4, 0.5) is 0 Å². The zero-order valence-corrected chi connectivity index (χ0v) is 18.3. The van der Waals surface area contributed by atoms with Crippen LogP contribution in [0.5, 0.6) is 5.75 Å². The molecule has 0 fully saturated rings. The van der Waals surface area contributed by atoms with E-state index >= 15 is 0 Å². The number of aromatic hydroxyl groups is 1. The highest BCUT2D eigenvalue weighted by molar-refractivity contribution is 5.96. The molecule has 0 aliphatic rings. The molecule has 0 radical (unpaired) electrons. The molecule has 0 aliphatic carbocycles. The van der Waals surface area contributed by atoms with E-state index in [-0.39, 0.29) is 30.4 Å². The van der Waals surface area contributed by atoms with Crippen molar-refractivity contribution in [3.63, 3.8) is 0 Å². The molecule has 1 aromatic carbocycles. The van der Waals surface area contributed by atoms with Gasteiger partial charge in [0.2, 0.25) is 0 Å². The van der Waals surface area contributed by atoms with Crippen molar-refractivity contribution in [3.05, 3.63) is 76.9 Å². The second-order valence-electron chi connectivity index (χ2n) is 7.75. The zero-order valence-electron chi connectivity index (χ0n) is 18.3. The number of hydrogen-bond acceptors (Lipinski definition) is 4. The van der Waals surface area contributed by atoms with Crippen LogP contribution in [0.3, 0.4) is 0 Å². The molecule has 2 aromatic heterocycles. The molecule has 2 amide bonds. The maximum Gasteiger partial charge on any atom is 0.273 e. The molecule has 31 heavy (non-hydrogen) atoms. The fourth-order valence-corrected chi connectivity index (χ4v) is 3.50. The third-order valence-corrected chi connectivity index (χ3v) is 5.19. The summed E-state index contributed by atoms with van der Waals surface area (Å²) in [5.74, 6) is -0.411. The summed E-state index contributed by atoms with van der Waals surface area (Å²) in [6.07, 6.45) is 1.43. The van der Waals surface area contributed by atoms with Crippen LogP contribution in [-0.2, 0) is 0 Å². The molecule has 0 atom stereocenters. The Morgan fingerprint density at radius 1 is 1.03 bits per heavy atom. The highest BCUT2D eigenvalue weighted by atomic mass is 16.3. The van der Waals surface area contributed by atoms with E-state index < -0.39 is 5.91 Å². The van der Waals surface area contributed by atoms with Gasteiger partial charge in [0.15, 0.2) is 5.69 Å². The van der Waals surface area contributed by atoms with Crippen LogP contribution >= 0.6 is 0 Å². The minimum Gasteiger partial charge on any atom is -0.505 e. The molecule has 2 heterocycles. The number of nitrogens with one attached hydrogen (secondary N) is 2. The molecule has 162 valence electrons. The van der Waals surface area contributed by atoms with E-state index in [4.69, 9.17) is 0 Å². The number of amides is 2. The fraction of sp³-hybridized carbons (Fsp3) is 0.292. The highest BCUT2D eigenvalue weighted by Gasteiger charge is 2.17. The predicted octanol–water partition coefficient (Wildman–Crippen LogP) is 3.48. The quantitative estimate of drug-likeness (QED) is 0.510. The second-order valence-corrected chi connectivity index (χ2v) is 7.75. The molecule has 7 heteroatoms. The lowest BCUT2D eigenvalue weighted by atomic mass is 10.0. The average Bonchev–Trinajstić information content (AvgIpc) is 3.05. The molecule has 0 saturated heterocycles. The zero-order chi connectivity index (χ0) is 22.5. The number of pyridine rings is 1. The van der Waals surface area contributed by atoms with E-state index in [9.17, 15) is 14.7 Å². The smallest absolute Gasteiger partial charge is 0.273 e. The van der Waals surface area contributed by atoms with Gasteiger partial charge in [-0.2, -0.15) is 0 Å². The van der Waals surface area contributed by atoms with Crippen LogP contribution in [0.2, 0.25) is 0 Å². The van der Waals surface area contributed by atoms with Crippen molar-refractivity contribution in [2.45, 2.75) is 33.6 Å². The lowest BCUT2D eigenvalue weighted by Gasteiger charge is -2.12. The lowest BCUT2D eigenvalue weighted by Crippen LogP contribution is -2.35. The minimum atomic E-state index is -0.490. The summed E-state index contributed by atoms with van der Waals surface area (Å²) in [6.45, 7) is 8.68. The van der Waals surface area contributed by atoms with Crippen LogP contribution in [0.1, 0.15) is 57.6 Å². The SMILES string of the molecule is Cc1cc(C(=O)NCCNC(=O)c2ncccc2O)c(C)n1-c1ccc(C(C)C)cc1. The van der Waals surface area contributed by atoms with Crippen LogP contribution in [0.25, 0.3) is 5.69 Å². The molecule has 3 rings (SSSR count). The fourth-order valence-electron chi connectivity index (χ4n) is 3.50. The van der Waals surface area contributed by atoms with Gasteiger partial charge in [0.1, 0.15) is 5.75 Å². The van der Waals surface area contributed by atoms with Gasteiger partial charge in [-0.1, -0.05) is 26.0 Å². The highest BCUT2D eigenvalue weighted by Crippen LogP contribution is 2.23. The van der Waals surface area contributed by atoms with Gasteiger partial charge in [-0.15, -0.1) is 0 Å². The number of aromatic nitrogens is 2. The average molecular weight is 421 g/mol. The van der Waals surface area contributed by atoms with Crippen molar-refractivity contribution < 1.29 is 14.7 Å². The number of carbonyl (C=O) groups excluding carboxylic acids is 2. The standard InChI is InChI=1S/C24H28N4O3/c1-15(2)18-7-9-19(10-8-18)28-16(3)14-20(17(28)4)23(30)26-12-13-27-24(31)22-21(29)6-5-11-25-22/h5-11,14-15,29H,12-13H2,1-4H3,(H,26,30)(H,27,31). The van der Waals surface area contributed by atoms with E-state index in [2.05, 4.69) is 58.3 Å². The van der Waals surface area contributed by atoms with Crippen molar-refractivity contribution in [2.75, 3.05) is 13.1 Å².